The number of carbonyl (C=O) groups excluding carboxylic acids is 1. The van der Waals surface area contributed by atoms with Gasteiger partial charge in [-0.3, -0.25) is 4.79 Å². The molecule has 0 saturated carbocycles. The summed E-state index contributed by atoms with van der Waals surface area (Å²) in [5.74, 6) is 0.880. The van der Waals surface area contributed by atoms with Gasteiger partial charge in [0.2, 0.25) is 0 Å². The number of amides is 1. The summed E-state index contributed by atoms with van der Waals surface area (Å²) >= 11 is 0. The van der Waals surface area contributed by atoms with Gasteiger partial charge in [0.15, 0.2) is 6.10 Å². The summed E-state index contributed by atoms with van der Waals surface area (Å²) in [6.45, 7) is 9.87. The highest BCUT2D eigenvalue weighted by molar-refractivity contribution is 6.00. The number of ether oxygens (including phenoxy) is 1. The summed E-state index contributed by atoms with van der Waals surface area (Å²) < 4.78 is 5.88. The average molecular weight is 304 g/mol. The standard InChI is InChI=1S/C18H28N2O2/c1-5-15-17(21)20(11-7-6-10-19)14-12-13(18(2,3)4)8-9-16(14)22-15/h8-9,12,15H,5-7,10-11,19H2,1-4H3. The summed E-state index contributed by atoms with van der Waals surface area (Å²) in [4.78, 5) is 14.5. The van der Waals surface area contributed by atoms with Gasteiger partial charge in [0.25, 0.3) is 5.91 Å². The SMILES string of the molecule is CCC1Oc2ccc(C(C)(C)C)cc2N(CCCCN)C1=O. The lowest BCUT2D eigenvalue weighted by Gasteiger charge is -2.35. The highest BCUT2D eigenvalue weighted by Crippen LogP contribution is 2.38. The van der Waals surface area contributed by atoms with Crippen molar-refractivity contribution in [2.24, 2.45) is 5.73 Å². The zero-order valence-electron chi connectivity index (χ0n) is 14.2. The van der Waals surface area contributed by atoms with Crippen molar-refractivity contribution < 1.29 is 9.53 Å². The zero-order valence-corrected chi connectivity index (χ0v) is 14.2. The molecule has 0 radical (unpaired) electrons. The van der Waals surface area contributed by atoms with Crippen molar-refractivity contribution in [3.63, 3.8) is 0 Å². The van der Waals surface area contributed by atoms with Crippen LogP contribution in [0.2, 0.25) is 0 Å². The number of carbonyl (C=O) groups is 1. The minimum absolute atomic E-state index is 0.0443. The predicted octanol–water partition coefficient (Wildman–Crippen LogP) is 3.23. The molecular weight excluding hydrogens is 276 g/mol. The first-order chi connectivity index (χ1) is 10.4. The Labute approximate surface area is 133 Å². The van der Waals surface area contributed by atoms with Crippen LogP contribution >= 0.6 is 0 Å². The maximum absolute atomic E-state index is 12.6. The van der Waals surface area contributed by atoms with Crippen LogP contribution in [0.3, 0.4) is 0 Å². The molecular formula is C18H28N2O2. The first-order valence-corrected chi connectivity index (χ1v) is 8.21. The molecule has 1 unspecified atom stereocenters. The van der Waals surface area contributed by atoms with Crippen LogP contribution in [0.5, 0.6) is 5.75 Å². The molecule has 2 rings (SSSR count). The van der Waals surface area contributed by atoms with E-state index in [1.165, 1.54) is 5.56 Å². The lowest BCUT2D eigenvalue weighted by molar-refractivity contribution is -0.126. The van der Waals surface area contributed by atoms with E-state index in [0.717, 1.165) is 24.3 Å². The van der Waals surface area contributed by atoms with E-state index in [1.54, 1.807) is 0 Å². The van der Waals surface area contributed by atoms with Gasteiger partial charge < -0.3 is 15.4 Å². The minimum atomic E-state index is -0.370. The summed E-state index contributed by atoms with van der Waals surface area (Å²) in [6, 6.07) is 6.20. The van der Waals surface area contributed by atoms with E-state index in [9.17, 15) is 4.79 Å². The van der Waals surface area contributed by atoms with Crippen LogP contribution in [0.25, 0.3) is 0 Å². The summed E-state index contributed by atoms with van der Waals surface area (Å²) in [5, 5.41) is 0. The fourth-order valence-electron chi connectivity index (χ4n) is 2.69. The van der Waals surface area contributed by atoms with Gasteiger partial charge in [-0.25, -0.2) is 0 Å². The Morgan fingerprint density at radius 3 is 2.59 bits per heavy atom. The third kappa shape index (κ3) is 3.43. The molecule has 0 fully saturated rings. The fraction of sp³-hybridized carbons (Fsp3) is 0.611. The summed E-state index contributed by atoms with van der Waals surface area (Å²) in [7, 11) is 0. The maximum atomic E-state index is 12.6. The van der Waals surface area contributed by atoms with Crippen molar-refractivity contribution in [1.82, 2.24) is 0 Å². The monoisotopic (exact) mass is 304 g/mol. The van der Waals surface area contributed by atoms with E-state index in [0.29, 0.717) is 19.5 Å². The van der Waals surface area contributed by atoms with Crippen molar-refractivity contribution in [2.45, 2.75) is 58.5 Å². The van der Waals surface area contributed by atoms with Crippen LogP contribution in [-0.4, -0.2) is 25.1 Å². The van der Waals surface area contributed by atoms with Gasteiger partial charge in [0.1, 0.15) is 5.75 Å². The van der Waals surface area contributed by atoms with Crippen molar-refractivity contribution in [1.29, 1.82) is 0 Å². The number of anilines is 1. The van der Waals surface area contributed by atoms with Gasteiger partial charge in [-0.1, -0.05) is 33.8 Å². The Hall–Kier alpha value is -1.55. The van der Waals surface area contributed by atoms with Gasteiger partial charge >= 0.3 is 0 Å². The van der Waals surface area contributed by atoms with Crippen molar-refractivity contribution in [3.05, 3.63) is 23.8 Å². The summed E-state index contributed by atoms with van der Waals surface area (Å²) in [6.07, 6.45) is 2.16. The van der Waals surface area contributed by atoms with Crippen LogP contribution in [-0.2, 0) is 10.2 Å². The molecule has 4 heteroatoms. The number of rotatable bonds is 5. The lowest BCUT2D eigenvalue weighted by Crippen LogP contribution is -2.46. The molecule has 1 aliphatic heterocycles. The van der Waals surface area contributed by atoms with Crippen LogP contribution in [0.1, 0.15) is 52.5 Å². The second-order valence-electron chi connectivity index (χ2n) is 6.93. The zero-order chi connectivity index (χ0) is 16.3. The first-order valence-electron chi connectivity index (χ1n) is 8.21. The number of benzene rings is 1. The highest BCUT2D eigenvalue weighted by atomic mass is 16.5. The molecule has 1 amide bonds. The number of hydrogen-bond acceptors (Lipinski definition) is 3. The number of fused-ring (bicyclic) bond motifs is 1. The van der Waals surface area contributed by atoms with E-state index < -0.39 is 0 Å². The van der Waals surface area contributed by atoms with Crippen LogP contribution in [0.15, 0.2) is 18.2 Å². The molecule has 1 heterocycles. The minimum Gasteiger partial charge on any atom is -0.478 e. The first kappa shape index (κ1) is 16.8. The summed E-state index contributed by atoms with van der Waals surface area (Å²) in [5.41, 5.74) is 7.74. The highest BCUT2D eigenvalue weighted by Gasteiger charge is 2.33. The van der Waals surface area contributed by atoms with Crippen LogP contribution < -0.4 is 15.4 Å². The number of hydrogen-bond donors (Lipinski definition) is 1. The topological polar surface area (TPSA) is 55.6 Å². The molecule has 22 heavy (non-hydrogen) atoms. The molecule has 4 nitrogen and oxygen atoms in total. The van der Waals surface area contributed by atoms with E-state index in [1.807, 2.05) is 17.9 Å². The van der Waals surface area contributed by atoms with Gasteiger partial charge in [0, 0.05) is 6.54 Å². The molecule has 122 valence electrons. The largest absolute Gasteiger partial charge is 0.478 e. The van der Waals surface area contributed by atoms with Gasteiger partial charge in [-0.05, 0) is 48.9 Å². The van der Waals surface area contributed by atoms with Crippen molar-refractivity contribution >= 4 is 11.6 Å². The molecule has 2 N–H and O–H groups in total. The quantitative estimate of drug-likeness (QED) is 0.850. The van der Waals surface area contributed by atoms with E-state index >= 15 is 0 Å². The molecule has 0 bridgehead atoms. The molecule has 0 spiro atoms. The molecule has 1 atom stereocenters. The van der Waals surface area contributed by atoms with Crippen LogP contribution in [0.4, 0.5) is 5.69 Å². The number of unbranched alkanes of at least 4 members (excludes halogenated alkanes) is 1. The average Bonchev–Trinajstić information content (AvgIpc) is 2.47. The van der Waals surface area contributed by atoms with Crippen molar-refractivity contribution in [2.75, 3.05) is 18.0 Å². The number of nitrogens with zero attached hydrogens (tertiary/aromatic N) is 1. The van der Waals surface area contributed by atoms with Gasteiger partial charge in [-0.2, -0.15) is 0 Å². The van der Waals surface area contributed by atoms with E-state index in [4.69, 9.17) is 10.5 Å². The predicted molar refractivity (Wildman–Crippen MR) is 90.5 cm³/mol. The maximum Gasteiger partial charge on any atom is 0.268 e. The number of nitrogens with two attached hydrogens (primary N) is 1. The van der Waals surface area contributed by atoms with Gasteiger partial charge in [0.05, 0.1) is 5.69 Å². The second-order valence-corrected chi connectivity index (χ2v) is 6.93. The van der Waals surface area contributed by atoms with Gasteiger partial charge in [-0.15, -0.1) is 0 Å². The van der Waals surface area contributed by atoms with E-state index in [2.05, 4.69) is 32.9 Å². The second kappa shape index (κ2) is 6.69. The third-order valence-corrected chi connectivity index (χ3v) is 4.13. The van der Waals surface area contributed by atoms with E-state index in [-0.39, 0.29) is 17.4 Å². The van der Waals surface area contributed by atoms with Crippen molar-refractivity contribution in [3.8, 4) is 5.75 Å². The molecule has 1 aromatic carbocycles. The smallest absolute Gasteiger partial charge is 0.268 e. The van der Waals surface area contributed by atoms with Crippen LogP contribution in [0, 0.1) is 0 Å². The molecule has 0 saturated heterocycles. The molecule has 0 aromatic heterocycles. The molecule has 1 aliphatic rings. The Morgan fingerprint density at radius 1 is 1.27 bits per heavy atom. The fourth-order valence-corrected chi connectivity index (χ4v) is 2.69. The Bertz CT molecular complexity index is 534. The Balaban J connectivity index is 2.37. The lowest BCUT2D eigenvalue weighted by atomic mass is 9.86. The molecule has 1 aromatic rings. The Kier molecular flexibility index (Phi) is 5.12. The normalized spacial score (nSPS) is 18.1. The molecule has 0 aliphatic carbocycles. The third-order valence-electron chi connectivity index (χ3n) is 4.13. The Morgan fingerprint density at radius 2 is 2.00 bits per heavy atom.